The number of quaternary nitrogens is 2. The van der Waals surface area contributed by atoms with E-state index in [4.69, 9.17) is 4.74 Å². The van der Waals surface area contributed by atoms with Gasteiger partial charge < -0.3 is 30.1 Å². The second-order valence-corrected chi connectivity index (χ2v) is 13.0. The van der Waals surface area contributed by atoms with Crippen LogP contribution in [0.3, 0.4) is 0 Å². The summed E-state index contributed by atoms with van der Waals surface area (Å²) in [5, 5.41) is 4.64. The molecular weight excluding hydrogens is 582 g/mol. The van der Waals surface area contributed by atoms with Crippen LogP contribution in [0.15, 0.2) is 40.9 Å². The number of rotatable bonds is 6. The molecule has 4 aliphatic rings. The highest BCUT2D eigenvalue weighted by molar-refractivity contribution is 9.10. The van der Waals surface area contributed by atoms with Crippen molar-refractivity contribution in [2.45, 2.75) is 50.5 Å². The van der Waals surface area contributed by atoms with E-state index >= 15 is 0 Å². The van der Waals surface area contributed by atoms with Crippen molar-refractivity contribution in [1.82, 2.24) is 9.80 Å². The SMILES string of the molecule is O=C(c1cc(Br)cc(N2CC[NH2+]CC2)c1)N1CCN(C(=O)c2ccc(O[C@H]3CC[NH2+]C3)c(C3CCCCC3)c2)CC1. The number of anilines is 1. The molecule has 0 spiro atoms. The number of ether oxygens (including phenoxy) is 1. The Labute approximate surface area is 251 Å². The summed E-state index contributed by atoms with van der Waals surface area (Å²) in [6.45, 7) is 8.41. The molecule has 4 N–H and O–H groups in total. The first-order valence-electron chi connectivity index (χ1n) is 15.6. The van der Waals surface area contributed by atoms with E-state index in [-0.39, 0.29) is 17.9 Å². The first-order valence-corrected chi connectivity index (χ1v) is 16.4. The van der Waals surface area contributed by atoms with Gasteiger partial charge >= 0.3 is 0 Å². The summed E-state index contributed by atoms with van der Waals surface area (Å²) in [6.07, 6.45) is 7.44. The van der Waals surface area contributed by atoms with Crippen LogP contribution in [0.4, 0.5) is 5.69 Å². The third kappa shape index (κ3) is 6.73. The average molecular weight is 627 g/mol. The number of amides is 2. The van der Waals surface area contributed by atoms with Gasteiger partial charge in [0.2, 0.25) is 0 Å². The minimum absolute atomic E-state index is 0.0356. The highest BCUT2D eigenvalue weighted by Gasteiger charge is 2.29. The molecule has 0 unspecified atom stereocenters. The van der Waals surface area contributed by atoms with Crippen molar-refractivity contribution in [2.75, 3.05) is 70.3 Å². The number of benzene rings is 2. The van der Waals surface area contributed by atoms with Crippen LogP contribution in [0.1, 0.15) is 70.7 Å². The van der Waals surface area contributed by atoms with Crippen LogP contribution in [0, 0.1) is 0 Å². The highest BCUT2D eigenvalue weighted by atomic mass is 79.9. The predicted octanol–water partition coefficient (Wildman–Crippen LogP) is 2.19. The van der Waals surface area contributed by atoms with E-state index in [1.54, 1.807) is 0 Å². The second kappa shape index (κ2) is 13.1. The van der Waals surface area contributed by atoms with Crippen molar-refractivity contribution in [3.63, 3.8) is 0 Å². The van der Waals surface area contributed by atoms with E-state index in [9.17, 15) is 9.59 Å². The Morgan fingerprint density at radius 3 is 2.15 bits per heavy atom. The number of carbonyl (C=O) groups is 2. The molecular formula is C32H44BrN5O3+2. The van der Waals surface area contributed by atoms with Gasteiger partial charge in [0.05, 0.1) is 32.7 Å². The first kappa shape index (κ1) is 28.5. The molecule has 1 atom stereocenters. The molecule has 2 aromatic rings. The van der Waals surface area contributed by atoms with Crippen molar-refractivity contribution in [2.24, 2.45) is 0 Å². The average Bonchev–Trinajstić information content (AvgIpc) is 3.54. The minimum atomic E-state index is 0.0356. The van der Waals surface area contributed by atoms with E-state index in [1.807, 2.05) is 34.1 Å². The lowest BCUT2D eigenvalue weighted by atomic mass is 9.83. The zero-order chi connectivity index (χ0) is 28.2. The van der Waals surface area contributed by atoms with Gasteiger partial charge in [-0.1, -0.05) is 35.2 Å². The predicted molar refractivity (Wildman–Crippen MR) is 163 cm³/mol. The molecule has 2 amide bonds. The molecule has 41 heavy (non-hydrogen) atoms. The molecule has 0 aromatic heterocycles. The zero-order valence-corrected chi connectivity index (χ0v) is 25.6. The van der Waals surface area contributed by atoms with Crippen molar-refractivity contribution < 1.29 is 25.0 Å². The summed E-state index contributed by atoms with van der Waals surface area (Å²) in [7, 11) is 0. The van der Waals surface area contributed by atoms with Gasteiger partial charge in [-0.05, 0) is 60.7 Å². The van der Waals surface area contributed by atoms with Gasteiger partial charge in [-0.3, -0.25) is 9.59 Å². The number of hydrogen-bond acceptors (Lipinski definition) is 4. The van der Waals surface area contributed by atoms with Crippen molar-refractivity contribution in [3.05, 3.63) is 57.6 Å². The van der Waals surface area contributed by atoms with Gasteiger partial charge in [0.25, 0.3) is 11.8 Å². The Bertz CT molecular complexity index is 1230. The van der Waals surface area contributed by atoms with Crippen LogP contribution in [0.2, 0.25) is 0 Å². The number of piperazine rings is 2. The van der Waals surface area contributed by atoms with Gasteiger partial charge in [-0.2, -0.15) is 0 Å². The molecule has 220 valence electrons. The normalized spacial score (nSPS) is 22.2. The van der Waals surface area contributed by atoms with Gasteiger partial charge in [-0.25, -0.2) is 0 Å². The fourth-order valence-corrected chi connectivity index (χ4v) is 7.38. The molecule has 4 fully saturated rings. The van der Waals surface area contributed by atoms with E-state index < -0.39 is 0 Å². The number of nitrogens with zero attached hydrogens (tertiary/aromatic N) is 3. The minimum Gasteiger partial charge on any atom is -0.484 e. The zero-order valence-electron chi connectivity index (χ0n) is 24.0. The fourth-order valence-electron chi connectivity index (χ4n) is 6.90. The van der Waals surface area contributed by atoms with Crippen LogP contribution < -0.4 is 20.3 Å². The van der Waals surface area contributed by atoms with Gasteiger partial charge in [0.1, 0.15) is 12.3 Å². The molecule has 0 radical (unpaired) electrons. The molecule has 3 saturated heterocycles. The topological polar surface area (TPSA) is 86.3 Å². The first-order chi connectivity index (χ1) is 20.0. The Morgan fingerprint density at radius 1 is 0.756 bits per heavy atom. The summed E-state index contributed by atoms with van der Waals surface area (Å²) in [5.41, 5.74) is 3.76. The Morgan fingerprint density at radius 2 is 1.46 bits per heavy atom. The largest absolute Gasteiger partial charge is 0.484 e. The lowest BCUT2D eigenvalue weighted by molar-refractivity contribution is -0.655. The Kier molecular flexibility index (Phi) is 9.13. The fraction of sp³-hybridized carbons (Fsp3) is 0.562. The summed E-state index contributed by atoms with van der Waals surface area (Å²) in [6, 6.07) is 12.1. The standard InChI is InChI=1S/C32H42BrN5O3/c33-26-18-25(19-27(21-26)36-12-10-34-11-13-36)32(40)38-16-14-37(15-17-38)31(39)24-6-7-30(41-28-8-9-35-22-28)29(20-24)23-4-2-1-3-5-23/h6-7,18-21,23,28,34-35H,1-5,8-17,22H2/p+2/t28-/m0/s1. The van der Waals surface area contributed by atoms with Crippen LogP contribution in [0.25, 0.3) is 0 Å². The molecule has 1 aliphatic carbocycles. The van der Waals surface area contributed by atoms with Gasteiger partial charge in [0.15, 0.2) is 6.10 Å². The number of halogens is 1. The third-order valence-corrected chi connectivity index (χ3v) is 9.73. The number of carbonyl (C=O) groups excluding carboxylic acids is 2. The monoisotopic (exact) mass is 625 g/mol. The smallest absolute Gasteiger partial charge is 0.254 e. The summed E-state index contributed by atoms with van der Waals surface area (Å²) < 4.78 is 7.39. The third-order valence-electron chi connectivity index (χ3n) is 9.27. The van der Waals surface area contributed by atoms with Gasteiger partial charge in [0, 0.05) is 53.9 Å². The van der Waals surface area contributed by atoms with E-state index in [1.165, 1.54) is 37.7 Å². The van der Waals surface area contributed by atoms with Crippen LogP contribution in [-0.2, 0) is 0 Å². The maximum Gasteiger partial charge on any atom is 0.254 e. The van der Waals surface area contributed by atoms with Crippen LogP contribution in [0.5, 0.6) is 5.75 Å². The molecule has 6 rings (SSSR count). The van der Waals surface area contributed by atoms with Crippen molar-refractivity contribution >= 4 is 33.4 Å². The van der Waals surface area contributed by atoms with Crippen LogP contribution >= 0.6 is 15.9 Å². The van der Waals surface area contributed by atoms with Crippen molar-refractivity contribution in [1.29, 1.82) is 0 Å². The molecule has 0 bridgehead atoms. The van der Waals surface area contributed by atoms with Gasteiger partial charge in [-0.15, -0.1) is 0 Å². The quantitative estimate of drug-likeness (QED) is 0.515. The molecule has 8 nitrogen and oxygen atoms in total. The van der Waals surface area contributed by atoms with E-state index in [0.29, 0.717) is 37.7 Å². The summed E-state index contributed by atoms with van der Waals surface area (Å²) in [5.74, 6) is 1.53. The molecule has 3 heterocycles. The second-order valence-electron chi connectivity index (χ2n) is 12.1. The molecule has 1 saturated carbocycles. The van der Waals surface area contributed by atoms with Crippen molar-refractivity contribution in [3.8, 4) is 5.75 Å². The molecule has 2 aromatic carbocycles. The van der Waals surface area contributed by atoms with E-state index in [2.05, 4.69) is 43.6 Å². The highest BCUT2D eigenvalue weighted by Crippen LogP contribution is 2.39. The maximum absolute atomic E-state index is 13.7. The molecule has 9 heteroatoms. The Hall–Kier alpha value is -2.62. The Balaban J connectivity index is 1.12. The lowest BCUT2D eigenvalue weighted by Crippen LogP contribution is -2.89. The number of nitrogens with two attached hydrogens (primary N) is 2. The molecule has 3 aliphatic heterocycles. The van der Waals surface area contributed by atoms with Crippen LogP contribution in [-0.4, -0.2) is 93.2 Å². The van der Waals surface area contributed by atoms with E-state index in [0.717, 1.165) is 67.2 Å². The number of hydrogen-bond donors (Lipinski definition) is 2. The maximum atomic E-state index is 13.7. The summed E-state index contributed by atoms with van der Waals surface area (Å²) in [4.78, 5) is 33.3. The lowest BCUT2D eigenvalue weighted by Gasteiger charge is -2.35. The summed E-state index contributed by atoms with van der Waals surface area (Å²) >= 11 is 3.62.